The quantitative estimate of drug-likeness (QED) is 0.0550. The number of carboxylic acids is 1. The molecule has 0 heterocycles. The fraction of sp³-hybridized carbons (Fsp3) is 0.282. The number of amides is 2. The molecule has 4 rings (SSSR count). The number of aliphatic carboxylic acids is 1. The molecule has 0 bridgehead atoms. The summed E-state index contributed by atoms with van der Waals surface area (Å²) < 4.78 is 40.5. The van der Waals surface area contributed by atoms with Crippen LogP contribution >= 0.6 is 10.2 Å². The number of nitrogens with one attached hydrogen (secondary N) is 2. The van der Waals surface area contributed by atoms with E-state index in [1.54, 1.807) is 118 Å². The second kappa shape index (κ2) is 20.2. The van der Waals surface area contributed by atoms with Gasteiger partial charge in [-0.2, -0.15) is 0 Å². The van der Waals surface area contributed by atoms with Crippen LogP contribution in [0.15, 0.2) is 120 Å². The molecule has 55 heavy (non-hydrogen) atoms. The number of carboxylic acid groups (broad SMARTS) is 1. The number of carbonyl (C=O) groups excluding carboxylic acids is 3. The van der Waals surface area contributed by atoms with Crippen molar-refractivity contribution in [3.8, 4) is 0 Å². The molecule has 13 nitrogen and oxygen atoms in total. The van der Waals surface area contributed by atoms with E-state index < -0.39 is 58.1 Å². The maximum absolute atomic E-state index is 14.0. The maximum atomic E-state index is 14.0. The Balaban J connectivity index is 1.45. The average molecular weight is 856 g/mol. The van der Waals surface area contributed by atoms with Crippen LogP contribution in [0.5, 0.6) is 0 Å². The number of sulfonamides is 1. The van der Waals surface area contributed by atoms with Crippen LogP contribution in [0.25, 0.3) is 0 Å². The van der Waals surface area contributed by atoms with Gasteiger partial charge in [0.2, 0.25) is 0 Å². The second-order valence-corrected chi connectivity index (χ2v) is 19.0. The summed E-state index contributed by atoms with van der Waals surface area (Å²) in [6.45, 7) is 4.97. The Morgan fingerprint density at radius 1 is 0.855 bits per heavy atom. The summed E-state index contributed by atoms with van der Waals surface area (Å²) in [4.78, 5) is 52.1. The molecule has 2 amide bonds. The molecule has 0 aromatic heterocycles. The van der Waals surface area contributed by atoms with E-state index in [0.29, 0.717) is 27.7 Å². The summed E-state index contributed by atoms with van der Waals surface area (Å²) in [6, 6.07) is 30.2. The van der Waals surface area contributed by atoms with Crippen molar-refractivity contribution in [1.82, 2.24) is 15.8 Å². The van der Waals surface area contributed by atoms with E-state index in [-0.39, 0.29) is 31.7 Å². The number of para-hydroxylation sites is 2. The molecule has 292 valence electrons. The Morgan fingerprint density at radius 2 is 1.44 bits per heavy atom. The predicted octanol–water partition coefficient (Wildman–Crippen LogP) is 4.68. The Bertz CT molecular complexity index is 2000. The molecule has 0 fully saturated rings. The van der Waals surface area contributed by atoms with Crippen LogP contribution in [0.1, 0.15) is 32.8 Å². The predicted molar refractivity (Wildman–Crippen MR) is 213 cm³/mol. The van der Waals surface area contributed by atoms with Gasteiger partial charge in [-0.1, -0.05) is 30.3 Å². The molecule has 2 atom stereocenters. The van der Waals surface area contributed by atoms with Gasteiger partial charge < -0.3 is 0 Å². The first-order valence-corrected chi connectivity index (χ1v) is 22.5. The summed E-state index contributed by atoms with van der Waals surface area (Å²) in [6.07, 6.45) is -1.69. The molecule has 0 radical (unpaired) electrons. The Morgan fingerprint density at radius 3 is 2.04 bits per heavy atom. The summed E-state index contributed by atoms with van der Waals surface area (Å²) in [5.74, 6) is -2.49. The zero-order chi connectivity index (χ0) is 40.0. The standard InChI is InChI=1S/C39H44N4O9S2Se/c1-39(2,3)52-38(48)42(41-31(37(47)51-4)26-28-16-8-5-9-17-28)33(36(45)46)27-35(44)40-24-25-53-55-34-23-15-14-22-32(34)43(29-18-10-6-11-19-29)54(49,50)30-20-12-7-13-21-30/h5-23,31,33,41H,24-27H2,1-4H3,(H,40,44)(H,45,46)/t31-,33-/m0/s1. The zero-order valence-electron chi connectivity index (χ0n) is 30.8. The van der Waals surface area contributed by atoms with Gasteiger partial charge in [0.05, 0.1) is 7.11 Å². The number of nitrogens with zero attached hydrogens (tertiary/aromatic N) is 2. The van der Waals surface area contributed by atoms with Crippen LogP contribution in [-0.4, -0.2) is 93.4 Å². The van der Waals surface area contributed by atoms with Gasteiger partial charge in [0.1, 0.15) is 0 Å². The fourth-order valence-corrected chi connectivity index (χ4v) is 10.6. The minimum atomic E-state index is -3.99. The Hall–Kier alpha value is -4.86. The first-order chi connectivity index (χ1) is 26.2. The van der Waals surface area contributed by atoms with Crippen molar-refractivity contribution in [1.29, 1.82) is 0 Å². The van der Waals surface area contributed by atoms with Crippen molar-refractivity contribution in [2.45, 2.75) is 56.2 Å². The molecular formula is C39H44N4O9S2Se. The van der Waals surface area contributed by atoms with E-state index in [9.17, 15) is 32.7 Å². The average Bonchev–Trinajstić information content (AvgIpc) is 3.16. The van der Waals surface area contributed by atoms with Crippen molar-refractivity contribution < 1.29 is 42.2 Å². The van der Waals surface area contributed by atoms with Crippen LogP contribution in [0, 0.1) is 0 Å². The van der Waals surface area contributed by atoms with Gasteiger partial charge >= 0.3 is 295 Å². The number of ether oxygens (including phenoxy) is 2. The number of carbonyl (C=O) groups is 4. The molecule has 0 saturated heterocycles. The van der Waals surface area contributed by atoms with Crippen molar-refractivity contribution in [3.63, 3.8) is 0 Å². The first-order valence-electron chi connectivity index (χ1n) is 17.1. The van der Waals surface area contributed by atoms with Gasteiger partial charge in [-0.3, -0.25) is 0 Å². The molecule has 4 aromatic rings. The fourth-order valence-electron chi connectivity index (χ4n) is 5.16. The van der Waals surface area contributed by atoms with Crippen molar-refractivity contribution in [3.05, 3.63) is 121 Å². The number of hydrazine groups is 1. The normalized spacial score (nSPS) is 12.5. The van der Waals surface area contributed by atoms with Crippen LogP contribution < -0.4 is 19.5 Å². The third-order valence-corrected chi connectivity index (χ3v) is 13.7. The Labute approximate surface area is 331 Å². The molecule has 0 aliphatic heterocycles. The SMILES string of the molecule is COC(=O)[C@H](Cc1ccccc1)NN(C(=O)OC(C)(C)C)[C@@H](CC(=O)NCCS[Se]c1ccccc1N(c1ccccc1)S(=O)(=O)c1ccccc1)C(=O)O. The second-order valence-electron chi connectivity index (χ2n) is 12.9. The van der Waals surface area contributed by atoms with Crippen LogP contribution in [0.2, 0.25) is 0 Å². The number of anilines is 2. The molecule has 0 unspecified atom stereocenters. The van der Waals surface area contributed by atoms with Crippen LogP contribution in [0.4, 0.5) is 16.2 Å². The van der Waals surface area contributed by atoms with E-state index in [0.717, 1.165) is 4.46 Å². The van der Waals surface area contributed by atoms with Crippen molar-refractivity contribution in [2.75, 3.05) is 23.7 Å². The summed E-state index contributed by atoms with van der Waals surface area (Å²) in [5, 5.41) is 13.6. The summed E-state index contributed by atoms with van der Waals surface area (Å²) >= 11 is -0.302. The number of esters is 1. The van der Waals surface area contributed by atoms with E-state index >= 15 is 0 Å². The number of hydrogen-bond donors (Lipinski definition) is 3. The monoisotopic (exact) mass is 856 g/mol. The topological polar surface area (TPSA) is 172 Å². The van der Waals surface area contributed by atoms with Gasteiger partial charge in [-0.25, -0.2) is 0 Å². The zero-order valence-corrected chi connectivity index (χ0v) is 34.1. The van der Waals surface area contributed by atoms with Crippen LogP contribution in [0.3, 0.4) is 0 Å². The minimum absolute atomic E-state index is 0.0503. The van der Waals surface area contributed by atoms with E-state index in [1.807, 2.05) is 18.2 Å². The molecule has 0 spiro atoms. The number of methoxy groups -OCH3 is 1. The Kier molecular flexibility index (Phi) is 15.7. The van der Waals surface area contributed by atoms with E-state index in [2.05, 4.69) is 10.7 Å². The number of rotatable bonds is 18. The van der Waals surface area contributed by atoms with E-state index in [1.165, 1.54) is 21.6 Å². The molecule has 4 aromatic carbocycles. The third-order valence-electron chi connectivity index (χ3n) is 7.64. The third kappa shape index (κ3) is 12.6. The van der Waals surface area contributed by atoms with Gasteiger partial charge in [0, 0.05) is 0 Å². The van der Waals surface area contributed by atoms with Crippen molar-refractivity contribution >= 4 is 73.8 Å². The molecule has 0 saturated carbocycles. The molecular weight excluding hydrogens is 812 g/mol. The first kappa shape index (κ1) is 42.9. The molecule has 0 aliphatic rings. The molecule has 0 aliphatic carbocycles. The number of benzene rings is 4. The van der Waals surface area contributed by atoms with Gasteiger partial charge in [0.15, 0.2) is 0 Å². The van der Waals surface area contributed by atoms with Gasteiger partial charge in [0.25, 0.3) is 0 Å². The van der Waals surface area contributed by atoms with Gasteiger partial charge in [-0.15, -0.1) is 0 Å². The molecule has 16 heteroatoms. The van der Waals surface area contributed by atoms with Crippen LogP contribution in [-0.2, 0) is 40.3 Å². The molecule has 3 N–H and O–H groups in total. The van der Waals surface area contributed by atoms with E-state index in [4.69, 9.17) is 9.47 Å². The van der Waals surface area contributed by atoms with Gasteiger partial charge in [-0.05, 0) is 0 Å². The summed E-state index contributed by atoms with van der Waals surface area (Å²) in [5.41, 5.74) is 3.35. The number of hydrogen-bond acceptors (Lipinski definition) is 10. The summed E-state index contributed by atoms with van der Waals surface area (Å²) in [7, 11) is -1.31. The van der Waals surface area contributed by atoms with Crippen molar-refractivity contribution in [2.24, 2.45) is 0 Å².